The number of carbonyl (C=O) groups is 1. The summed E-state index contributed by atoms with van der Waals surface area (Å²) in [6, 6.07) is 0.364. The van der Waals surface area contributed by atoms with Gasteiger partial charge in [-0.05, 0) is 31.8 Å². The SMILES string of the molecule is CN(C)C(C1CC1C(=O)O)C(C)(C)C. The topological polar surface area (TPSA) is 40.5 Å². The van der Waals surface area contributed by atoms with Crippen LogP contribution in [0.4, 0.5) is 0 Å². The van der Waals surface area contributed by atoms with Gasteiger partial charge in [0.15, 0.2) is 0 Å². The van der Waals surface area contributed by atoms with Gasteiger partial charge in [-0.25, -0.2) is 0 Å². The first-order chi connectivity index (χ1) is 6.25. The van der Waals surface area contributed by atoms with Crippen molar-refractivity contribution in [1.82, 2.24) is 4.90 Å². The molecule has 0 aromatic rings. The van der Waals surface area contributed by atoms with Crippen LogP contribution < -0.4 is 0 Å². The summed E-state index contributed by atoms with van der Waals surface area (Å²) < 4.78 is 0. The Balaban J connectivity index is 2.69. The van der Waals surface area contributed by atoms with Gasteiger partial charge in [0.2, 0.25) is 0 Å². The highest BCUT2D eigenvalue weighted by Crippen LogP contribution is 2.48. The molecule has 0 radical (unpaired) electrons. The highest BCUT2D eigenvalue weighted by molar-refractivity contribution is 5.73. The molecule has 3 nitrogen and oxygen atoms in total. The minimum atomic E-state index is -0.633. The van der Waals surface area contributed by atoms with E-state index in [9.17, 15) is 4.79 Å². The summed E-state index contributed by atoms with van der Waals surface area (Å²) in [5, 5.41) is 8.90. The number of hydrogen-bond acceptors (Lipinski definition) is 2. The van der Waals surface area contributed by atoms with Crippen LogP contribution in [-0.4, -0.2) is 36.1 Å². The van der Waals surface area contributed by atoms with Crippen molar-refractivity contribution in [2.24, 2.45) is 17.3 Å². The maximum Gasteiger partial charge on any atom is 0.306 e. The highest BCUT2D eigenvalue weighted by Gasteiger charge is 2.51. The van der Waals surface area contributed by atoms with Gasteiger partial charge in [0.1, 0.15) is 0 Å². The third kappa shape index (κ3) is 2.27. The van der Waals surface area contributed by atoms with Crippen molar-refractivity contribution in [2.75, 3.05) is 14.1 Å². The third-order valence-electron chi connectivity index (χ3n) is 3.01. The van der Waals surface area contributed by atoms with E-state index >= 15 is 0 Å². The molecule has 1 aliphatic carbocycles. The number of carboxylic acid groups (broad SMARTS) is 1. The van der Waals surface area contributed by atoms with Crippen molar-refractivity contribution in [3.8, 4) is 0 Å². The molecule has 14 heavy (non-hydrogen) atoms. The Morgan fingerprint density at radius 2 is 1.93 bits per heavy atom. The molecule has 3 heteroatoms. The minimum Gasteiger partial charge on any atom is -0.481 e. The van der Waals surface area contributed by atoms with Gasteiger partial charge in [0.25, 0.3) is 0 Å². The van der Waals surface area contributed by atoms with E-state index in [1.54, 1.807) is 0 Å². The summed E-state index contributed by atoms with van der Waals surface area (Å²) in [6.07, 6.45) is 0.843. The van der Waals surface area contributed by atoms with E-state index in [1.807, 2.05) is 14.1 Å². The lowest BCUT2D eigenvalue weighted by Crippen LogP contribution is -2.42. The Morgan fingerprint density at radius 3 is 2.14 bits per heavy atom. The van der Waals surface area contributed by atoms with Gasteiger partial charge in [-0.3, -0.25) is 4.79 Å². The Bertz CT molecular complexity index is 230. The molecule has 1 N–H and O–H groups in total. The van der Waals surface area contributed by atoms with Crippen LogP contribution in [0.2, 0.25) is 0 Å². The van der Waals surface area contributed by atoms with Crippen LogP contribution in [0.15, 0.2) is 0 Å². The molecule has 3 unspecified atom stereocenters. The van der Waals surface area contributed by atoms with Gasteiger partial charge in [0, 0.05) is 6.04 Å². The zero-order valence-electron chi connectivity index (χ0n) is 9.74. The number of hydrogen-bond donors (Lipinski definition) is 1. The fraction of sp³-hybridized carbons (Fsp3) is 0.909. The van der Waals surface area contributed by atoms with Gasteiger partial charge in [-0.2, -0.15) is 0 Å². The smallest absolute Gasteiger partial charge is 0.306 e. The van der Waals surface area contributed by atoms with Gasteiger partial charge in [-0.15, -0.1) is 0 Å². The molecule has 0 aliphatic heterocycles. The van der Waals surface area contributed by atoms with Crippen LogP contribution in [0.3, 0.4) is 0 Å². The average molecular weight is 199 g/mol. The average Bonchev–Trinajstić information content (AvgIpc) is 2.62. The first kappa shape index (κ1) is 11.5. The summed E-state index contributed by atoms with van der Waals surface area (Å²) in [5.74, 6) is -0.407. The van der Waals surface area contributed by atoms with E-state index in [1.165, 1.54) is 0 Å². The molecule has 1 fully saturated rings. The quantitative estimate of drug-likeness (QED) is 0.752. The van der Waals surface area contributed by atoms with Crippen LogP contribution >= 0.6 is 0 Å². The molecule has 0 amide bonds. The Kier molecular flexibility index (Phi) is 2.91. The lowest BCUT2D eigenvalue weighted by atomic mass is 9.82. The normalized spacial score (nSPS) is 29.0. The Labute approximate surface area is 86.1 Å². The summed E-state index contributed by atoms with van der Waals surface area (Å²) in [5.41, 5.74) is 0.151. The molecule has 3 atom stereocenters. The monoisotopic (exact) mass is 199 g/mol. The van der Waals surface area contributed by atoms with Crippen LogP contribution in [0, 0.1) is 17.3 Å². The van der Waals surface area contributed by atoms with E-state index in [0.717, 1.165) is 6.42 Å². The second-order valence-corrected chi connectivity index (χ2v) is 5.62. The molecule has 1 rings (SSSR count). The molecule has 0 aromatic heterocycles. The van der Waals surface area contributed by atoms with Crippen molar-refractivity contribution >= 4 is 5.97 Å². The molecule has 0 aromatic carbocycles. The van der Waals surface area contributed by atoms with Gasteiger partial charge in [-0.1, -0.05) is 20.8 Å². The van der Waals surface area contributed by atoms with Crippen molar-refractivity contribution in [2.45, 2.75) is 33.2 Å². The first-order valence-electron chi connectivity index (χ1n) is 5.14. The molecular weight excluding hydrogens is 178 g/mol. The largest absolute Gasteiger partial charge is 0.481 e. The summed E-state index contributed by atoms with van der Waals surface area (Å²) in [6.45, 7) is 6.53. The maximum atomic E-state index is 10.8. The van der Waals surface area contributed by atoms with Crippen molar-refractivity contribution in [3.63, 3.8) is 0 Å². The highest BCUT2D eigenvalue weighted by atomic mass is 16.4. The zero-order chi connectivity index (χ0) is 11.1. The molecule has 0 heterocycles. The Morgan fingerprint density at radius 1 is 1.43 bits per heavy atom. The van der Waals surface area contributed by atoms with Gasteiger partial charge in [0.05, 0.1) is 5.92 Å². The van der Waals surface area contributed by atoms with Crippen molar-refractivity contribution in [3.05, 3.63) is 0 Å². The minimum absolute atomic E-state index is 0.110. The van der Waals surface area contributed by atoms with Crippen LogP contribution in [0.5, 0.6) is 0 Å². The Hall–Kier alpha value is -0.570. The summed E-state index contributed by atoms with van der Waals surface area (Å²) in [7, 11) is 4.07. The number of nitrogens with zero attached hydrogens (tertiary/aromatic N) is 1. The number of rotatable bonds is 3. The predicted octanol–water partition coefficient (Wildman–Crippen LogP) is 1.68. The molecule has 0 spiro atoms. The second kappa shape index (κ2) is 3.54. The van der Waals surface area contributed by atoms with Crippen molar-refractivity contribution in [1.29, 1.82) is 0 Å². The molecule has 1 saturated carbocycles. The lowest BCUT2D eigenvalue weighted by molar-refractivity contribution is -0.139. The number of aliphatic carboxylic acids is 1. The lowest BCUT2D eigenvalue weighted by Gasteiger charge is -2.36. The summed E-state index contributed by atoms with van der Waals surface area (Å²) in [4.78, 5) is 13.0. The van der Waals surface area contributed by atoms with Gasteiger partial charge >= 0.3 is 5.97 Å². The maximum absolute atomic E-state index is 10.8. The predicted molar refractivity (Wildman–Crippen MR) is 56.2 cm³/mol. The molecule has 0 saturated heterocycles. The van der Waals surface area contributed by atoms with E-state index in [0.29, 0.717) is 12.0 Å². The van der Waals surface area contributed by atoms with Crippen molar-refractivity contribution < 1.29 is 9.90 Å². The fourth-order valence-corrected chi connectivity index (χ4v) is 2.65. The molecule has 82 valence electrons. The molecular formula is C11H21NO2. The first-order valence-corrected chi connectivity index (χ1v) is 5.14. The zero-order valence-corrected chi connectivity index (χ0v) is 9.74. The third-order valence-corrected chi connectivity index (χ3v) is 3.01. The second-order valence-electron chi connectivity index (χ2n) is 5.62. The van der Waals surface area contributed by atoms with E-state index in [4.69, 9.17) is 5.11 Å². The molecule has 0 bridgehead atoms. The van der Waals surface area contributed by atoms with Gasteiger partial charge < -0.3 is 10.0 Å². The number of carboxylic acids is 1. The van der Waals surface area contributed by atoms with E-state index in [-0.39, 0.29) is 11.3 Å². The van der Waals surface area contributed by atoms with Crippen LogP contribution in [0.25, 0.3) is 0 Å². The standard InChI is InChI=1S/C11H21NO2/c1-11(2,3)9(12(4)5)7-6-8(7)10(13)14/h7-9H,6H2,1-5H3,(H,13,14). The van der Waals surface area contributed by atoms with Crippen LogP contribution in [-0.2, 0) is 4.79 Å². The van der Waals surface area contributed by atoms with E-state index < -0.39 is 5.97 Å². The fourth-order valence-electron chi connectivity index (χ4n) is 2.65. The van der Waals surface area contributed by atoms with Crippen LogP contribution in [0.1, 0.15) is 27.2 Å². The van der Waals surface area contributed by atoms with E-state index in [2.05, 4.69) is 25.7 Å². The molecule has 1 aliphatic rings. The summed E-state index contributed by atoms with van der Waals surface area (Å²) >= 11 is 0.